The summed E-state index contributed by atoms with van der Waals surface area (Å²) in [6.07, 6.45) is 0. The average molecular weight is 413 g/mol. The summed E-state index contributed by atoms with van der Waals surface area (Å²) in [5, 5.41) is 0.999. The van der Waals surface area contributed by atoms with Gasteiger partial charge in [-0.3, -0.25) is 0 Å². The second-order valence-electron chi connectivity index (χ2n) is 5.49. The first-order valence-corrected chi connectivity index (χ1v) is 11.4. The normalized spacial score (nSPS) is 12.1. The minimum absolute atomic E-state index is 0.132. The summed E-state index contributed by atoms with van der Waals surface area (Å²) in [5.41, 5.74) is 0. The molecule has 0 fully saturated rings. The molecule has 26 heavy (non-hydrogen) atoms. The maximum absolute atomic E-state index is 14.0. The van der Waals surface area contributed by atoms with E-state index in [1.165, 1.54) is 72.8 Å². The molecule has 0 saturated heterocycles. The van der Waals surface area contributed by atoms with Crippen LogP contribution < -0.4 is 15.9 Å². The average Bonchev–Trinajstić information content (AvgIpc) is 2.61. The maximum Gasteiger partial charge on any atom is 0.261 e. The van der Waals surface area contributed by atoms with Crippen LogP contribution in [0.5, 0.6) is 0 Å². The molecule has 8 heteroatoms. The van der Waals surface area contributed by atoms with Crippen molar-refractivity contribution < 1.29 is 21.8 Å². The van der Waals surface area contributed by atoms with Crippen molar-refractivity contribution in [1.29, 1.82) is 0 Å². The summed E-state index contributed by atoms with van der Waals surface area (Å²) < 4.78 is 63.4. The highest BCUT2D eigenvalue weighted by Crippen LogP contribution is 2.42. The van der Waals surface area contributed by atoms with Gasteiger partial charge in [0.15, 0.2) is 7.14 Å². The molecule has 0 N–H and O–H groups in total. The molecular formula is C18H12ClF2O3PS. The number of hydrogen-bond acceptors (Lipinski definition) is 3. The third kappa shape index (κ3) is 3.58. The molecule has 0 aliphatic rings. The fourth-order valence-electron chi connectivity index (χ4n) is 2.57. The molecule has 0 amide bonds. The smallest absolute Gasteiger partial charge is 0.261 e. The molecule has 0 aliphatic heterocycles. The Kier molecular flexibility index (Phi) is 5.02. The Morgan fingerprint density at radius 2 is 0.962 bits per heavy atom. The molecule has 0 bridgehead atoms. The van der Waals surface area contributed by atoms with E-state index in [4.69, 9.17) is 10.7 Å². The van der Waals surface area contributed by atoms with Crippen molar-refractivity contribution in [1.82, 2.24) is 0 Å². The van der Waals surface area contributed by atoms with Crippen LogP contribution in [-0.4, -0.2) is 8.42 Å². The summed E-state index contributed by atoms with van der Waals surface area (Å²) >= 11 is 0. The van der Waals surface area contributed by atoms with Crippen LogP contribution in [0.1, 0.15) is 0 Å². The molecule has 0 spiro atoms. The standard InChI is InChI=1S/C18H12ClF2O3PS/c19-26(23,24)18-11-9-17(10-12-18)25(22,15-5-1-13(20)2-6-15)16-7-3-14(21)4-8-16/h1-12H. The van der Waals surface area contributed by atoms with Crippen LogP contribution in [0, 0.1) is 11.6 Å². The number of benzene rings is 3. The lowest BCUT2D eigenvalue weighted by molar-refractivity contribution is 0.592. The fourth-order valence-corrected chi connectivity index (χ4v) is 5.94. The zero-order valence-corrected chi connectivity index (χ0v) is 15.6. The van der Waals surface area contributed by atoms with Crippen LogP contribution in [0.3, 0.4) is 0 Å². The first kappa shape index (κ1) is 18.8. The van der Waals surface area contributed by atoms with E-state index >= 15 is 0 Å². The number of hydrogen-bond donors (Lipinski definition) is 0. The molecule has 3 aromatic carbocycles. The molecular weight excluding hydrogens is 401 g/mol. The molecule has 0 aliphatic carbocycles. The van der Waals surface area contributed by atoms with Gasteiger partial charge < -0.3 is 4.57 Å². The van der Waals surface area contributed by atoms with Gasteiger partial charge in [-0.25, -0.2) is 17.2 Å². The zero-order chi connectivity index (χ0) is 18.9. The Hall–Kier alpha value is -2.01. The van der Waals surface area contributed by atoms with Crippen molar-refractivity contribution in [2.45, 2.75) is 4.90 Å². The van der Waals surface area contributed by atoms with Crippen molar-refractivity contribution >= 4 is 42.8 Å². The van der Waals surface area contributed by atoms with Crippen molar-refractivity contribution in [3.05, 3.63) is 84.4 Å². The van der Waals surface area contributed by atoms with Gasteiger partial charge in [-0.2, -0.15) is 0 Å². The highest BCUT2D eigenvalue weighted by Gasteiger charge is 2.30. The molecule has 3 aromatic rings. The van der Waals surface area contributed by atoms with Gasteiger partial charge in [-0.15, -0.1) is 0 Å². The Balaban J connectivity index is 2.22. The second kappa shape index (κ2) is 6.95. The molecule has 0 radical (unpaired) electrons. The predicted molar refractivity (Wildman–Crippen MR) is 98.8 cm³/mol. The molecule has 0 unspecified atom stereocenters. The lowest BCUT2D eigenvalue weighted by Gasteiger charge is -2.20. The van der Waals surface area contributed by atoms with Gasteiger partial charge in [-0.1, -0.05) is 0 Å². The van der Waals surface area contributed by atoms with Crippen molar-refractivity contribution in [3.8, 4) is 0 Å². The van der Waals surface area contributed by atoms with E-state index in [-0.39, 0.29) is 4.90 Å². The van der Waals surface area contributed by atoms with Gasteiger partial charge in [0.1, 0.15) is 11.6 Å². The highest BCUT2D eigenvalue weighted by molar-refractivity contribution is 8.13. The van der Waals surface area contributed by atoms with Gasteiger partial charge in [0.25, 0.3) is 9.05 Å². The lowest BCUT2D eigenvalue weighted by Crippen LogP contribution is -2.25. The van der Waals surface area contributed by atoms with Crippen molar-refractivity contribution in [3.63, 3.8) is 0 Å². The SMILES string of the molecule is O=P(c1ccc(F)cc1)(c1ccc(F)cc1)c1ccc(S(=O)(=O)Cl)cc1. The molecule has 134 valence electrons. The van der Waals surface area contributed by atoms with Crippen LogP contribution in [-0.2, 0) is 13.6 Å². The molecule has 0 heterocycles. The summed E-state index contributed by atoms with van der Waals surface area (Å²) in [6, 6.07) is 15.6. The fraction of sp³-hybridized carbons (Fsp3) is 0. The lowest BCUT2D eigenvalue weighted by atomic mass is 10.3. The predicted octanol–water partition coefficient (Wildman–Crippen LogP) is 3.53. The maximum atomic E-state index is 14.0. The first-order chi connectivity index (χ1) is 12.2. The number of rotatable bonds is 4. The van der Waals surface area contributed by atoms with Crippen molar-refractivity contribution in [2.24, 2.45) is 0 Å². The quantitative estimate of drug-likeness (QED) is 0.486. The van der Waals surface area contributed by atoms with E-state index in [2.05, 4.69) is 0 Å². The van der Waals surface area contributed by atoms with E-state index in [1.54, 1.807) is 0 Å². The third-order valence-corrected chi connectivity index (χ3v) is 8.31. The minimum Gasteiger partial charge on any atom is -0.309 e. The Morgan fingerprint density at radius 3 is 1.27 bits per heavy atom. The Morgan fingerprint density at radius 1 is 0.654 bits per heavy atom. The topological polar surface area (TPSA) is 51.2 Å². The van der Waals surface area contributed by atoms with Gasteiger partial charge in [0.05, 0.1) is 4.90 Å². The summed E-state index contributed by atoms with van der Waals surface area (Å²) in [7, 11) is -2.07. The highest BCUT2D eigenvalue weighted by atomic mass is 35.7. The van der Waals surface area contributed by atoms with Crippen LogP contribution in [0.4, 0.5) is 8.78 Å². The van der Waals surface area contributed by atoms with Gasteiger partial charge in [-0.05, 0) is 72.8 Å². The van der Waals surface area contributed by atoms with Gasteiger partial charge in [0.2, 0.25) is 0 Å². The molecule has 0 saturated carbocycles. The molecule has 0 atom stereocenters. The van der Waals surface area contributed by atoms with Crippen LogP contribution >= 0.6 is 17.8 Å². The third-order valence-electron chi connectivity index (χ3n) is 3.86. The van der Waals surface area contributed by atoms with E-state index in [1.807, 2.05) is 0 Å². The van der Waals surface area contributed by atoms with E-state index < -0.39 is 27.8 Å². The van der Waals surface area contributed by atoms with E-state index in [0.717, 1.165) is 0 Å². The largest absolute Gasteiger partial charge is 0.309 e. The van der Waals surface area contributed by atoms with Crippen LogP contribution in [0.15, 0.2) is 77.7 Å². The van der Waals surface area contributed by atoms with E-state index in [9.17, 15) is 21.8 Å². The zero-order valence-electron chi connectivity index (χ0n) is 13.1. The summed E-state index contributed by atoms with van der Waals surface area (Å²) in [4.78, 5) is -0.132. The Bertz CT molecular complexity index is 1030. The van der Waals surface area contributed by atoms with Crippen LogP contribution in [0.25, 0.3) is 0 Å². The monoisotopic (exact) mass is 412 g/mol. The van der Waals surface area contributed by atoms with E-state index in [0.29, 0.717) is 15.9 Å². The van der Waals surface area contributed by atoms with Gasteiger partial charge in [0, 0.05) is 26.6 Å². The summed E-state index contributed by atoms with van der Waals surface area (Å²) in [6.45, 7) is 0. The van der Waals surface area contributed by atoms with Crippen molar-refractivity contribution in [2.75, 3.05) is 0 Å². The number of halogens is 3. The molecule has 3 nitrogen and oxygen atoms in total. The minimum atomic E-state index is -3.92. The second-order valence-corrected chi connectivity index (χ2v) is 10.8. The Labute approximate surface area is 154 Å². The van der Waals surface area contributed by atoms with Crippen LogP contribution in [0.2, 0.25) is 0 Å². The first-order valence-electron chi connectivity index (χ1n) is 7.39. The summed E-state index contributed by atoms with van der Waals surface area (Å²) in [5.74, 6) is -0.967. The van der Waals surface area contributed by atoms with Gasteiger partial charge >= 0.3 is 0 Å². The molecule has 3 rings (SSSR count). The molecule has 0 aromatic heterocycles.